The molecule has 0 bridgehead atoms. The van der Waals surface area contributed by atoms with Gasteiger partial charge < -0.3 is 11.1 Å². The van der Waals surface area contributed by atoms with E-state index in [4.69, 9.17) is 5.73 Å². The third kappa shape index (κ3) is 3.07. The second-order valence-corrected chi connectivity index (χ2v) is 7.34. The standard InChI is InChI=1S/C13H18N2O3S/c1-8-5-11(14)12(6-9(8)2)15-13(16)10-3-4-19(17,18)7-10/h5-6,10H,3-4,7,14H2,1-2H3,(H,15,16). The van der Waals surface area contributed by atoms with E-state index in [1.165, 1.54) is 0 Å². The topological polar surface area (TPSA) is 89.3 Å². The summed E-state index contributed by atoms with van der Waals surface area (Å²) in [6, 6.07) is 3.61. The smallest absolute Gasteiger partial charge is 0.228 e. The highest BCUT2D eigenvalue weighted by Crippen LogP contribution is 2.25. The van der Waals surface area contributed by atoms with Crippen LogP contribution in [0.15, 0.2) is 12.1 Å². The molecule has 19 heavy (non-hydrogen) atoms. The zero-order valence-corrected chi connectivity index (χ0v) is 11.9. The van der Waals surface area contributed by atoms with Gasteiger partial charge >= 0.3 is 0 Å². The lowest BCUT2D eigenvalue weighted by atomic mass is 10.1. The minimum Gasteiger partial charge on any atom is -0.397 e. The molecule has 1 aliphatic heterocycles. The lowest BCUT2D eigenvalue weighted by molar-refractivity contribution is -0.119. The molecular formula is C13H18N2O3S. The van der Waals surface area contributed by atoms with Crippen LogP contribution in [0.5, 0.6) is 0 Å². The first kappa shape index (κ1) is 13.9. The zero-order chi connectivity index (χ0) is 14.2. The minimum absolute atomic E-state index is 0.0659. The molecule has 0 aromatic heterocycles. The molecule has 1 unspecified atom stereocenters. The van der Waals surface area contributed by atoms with Crippen LogP contribution in [0.3, 0.4) is 0 Å². The highest BCUT2D eigenvalue weighted by atomic mass is 32.2. The van der Waals surface area contributed by atoms with Crippen LogP contribution < -0.4 is 11.1 Å². The SMILES string of the molecule is Cc1cc(N)c(NC(=O)C2CCS(=O)(=O)C2)cc1C. The van der Waals surface area contributed by atoms with Gasteiger partial charge in [0.15, 0.2) is 9.84 Å². The van der Waals surface area contributed by atoms with Crippen LogP contribution in [0, 0.1) is 19.8 Å². The van der Waals surface area contributed by atoms with Crippen LogP contribution in [0.1, 0.15) is 17.5 Å². The second-order valence-electron chi connectivity index (χ2n) is 5.11. The quantitative estimate of drug-likeness (QED) is 0.799. The molecule has 1 aliphatic rings. The molecule has 0 radical (unpaired) electrons. The molecule has 3 N–H and O–H groups in total. The van der Waals surface area contributed by atoms with Gasteiger partial charge in [-0.2, -0.15) is 0 Å². The van der Waals surface area contributed by atoms with Crippen molar-refractivity contribution < 1.29 is 13.2 Å². The normalized spacial score (nSPS) is 21.3. The van der Waals surface area contributed by atoms with Gasteiger partial charge in [-0.1, -0.05) is 0 Å². The van der Waals surface area contributed by atoms with E-state index >= 15 is 0 Å². The van der Waals surface area contributed by atoms with Crippen molar-refractivity contribution in [1.29, 1.82) is 0 Å². The Bertz CT molecular complexity index is 623. The third-order valence-corrected chi connectivity index (χ3v) is 5.29. The minimum atomic E-state index is -3.05. The zero-order valence-electron chi connectivity index (χ0n) is 11.1. The molecule has 0 spiro atoms. The van der Waals surface area contributed by atoms with E-state index in [0.717, 1.165) is 11.1 Å². The molecule has 0 saturated carbocycles. The van der Waals surface area contributed by atoms with Crippen molar-refractivity contribution in [3.63, 3.8) is 0 Å². The van der Waals surface area contributed by atoms with E-state index in [1.807, 2.05) is 19.9 Å². The lowest BCUT2D eigenvalue weighted by Gasteiger charge is -2.13. The molecule has 1 amide bonds. The molecule has 5 nitrogen and oxygen atoms in total. The van der Waals surface area contributed by atoms with Crippen LogP contribution in [0.2, 0.25) is 0 Å². The molecule has 0 aliphatic carbocycles. The number of carbonyl (C=O) groups is 1. The van der Waals surface area contributed by atoms with Crippen molar-refractivity contribution in [1.82, 2.24) is 0 Å². The number of sulfone groups is 1. The lowest BCUT2D eigenvalue weighted by Crippen LogP contribution is -2.24. The maximum atomic E-state index is 12.0. The maximum absolute atomic E-state index is 12.0. The number of aryl methyl sites for hydroxylation is 2. The number of nitrogens with one attached hydrogen (secondary N) is 1. The number of nitrogens with two attached hydrogens (primary N) is 1. The fourth-order valence-corrected chi connectivity index (χ4v) is 3.92. The summed E-state index contributed by atoms with van der Waals surface area (Å²) >= 11 is 0. The second kappa shape index (κ2) is 4.85. The number of hydrogen-bond donors (Lipinski definition) is 2. The van der Waals surface area contributed by atoms with Crippen LogP contribution in [0.4, 0.5) is 11.4 Å². The number of carbonyl (C=O) groups excluding carboxylic acids is 1. The Hall–Kier alpha value is -1.56. The molecule has 1 atom stereocenters. The van der Waals surface area contributed by atoms with Crippen molar-refractivity contribution in [2.75, 3.05) is 22.6 Å². The maximum Gasteiger partial charge on any atom is 0.228 e. The highest BCUT2D eigenvalue weighted by molar-refractivity contribution is 7.91. The van der Waals surface area contributed by atoms with Gasteiger partial charge in [-0.15, -0.1) is 0 Å². The van der Waals surface area contributed by atoms with Crippen molar-refractivity contribution in [3.8, 4) is 0 Å². The Kier molecular flexibility index (Phi) is 3.54. The number of rotatable bonds is 2. The van der Waals surface area contributed by atoms with E-state index in [-0.39, 0.29) is 17.4 Å². The van der Waals surface area contributed by atoms with Crippen LogP contribution in [0.25, 0.3) is 0 Å². The van der Waals surface area contributed by atoms with Crippen LogP contribution >= 0.6 is 0 Å². The molecule has 1 heterocycles. The fourth-order valence-electron chi connectivity index (χ4n) is 2.18. The molecular weight excluding hydrogens is 264 g/mol. The van der Waals surface area contributed by atoms with Crippen molar-refractivity contribution >= 4 is 27.1 Å². The van der Waals surface area contributed by atoms with Gasteiger partial charge in [-0.3, -0.25) is 4.79 Å². The number of hydrogen-bond acceptors (Lipinski definition) is 4. The van der Waals surface area contributed by atoms with Gasteiger partial charge in [0, 0.05) is 0 Å². The van der Waals surface area contributed by atoms with E-state index in [0.29, 0.717) is 17.8 Å². The van der Waals surface area contributed by atoms with Gasteiger partial charge in [0.25, 0.3) is 0 Å². The van der Waals surface area contributed by atoms with Crippen LogP contribution in [-0.4, -0.2) is 25.8 Å². The van der Waals surface area contributed by atoms with Crippen molar-refractivity contribution in [2.45, 2.75) is 20.3 Å². The summed E-state index contributed by atoms with van der Waals surface area (Å²) in [5.74, 6) is -0.709. The Morgan fingerprint density at radius 1 is 1.32 bits per heavy atom. The van der Waals surface area contributed by atoms with Crippen molar-refractivity contribution in [2.24, 2.45) is 5.92 Å². The molecule has 1 fully saturated rings. The van der Waals surface area contributed by atoms with E-state index < -0.39 is 15.8 Å². The Morgan fingerprint density at radius 2 is 1.95 bits per heavy atom. The predicted octanol–water partition coefficient (Wildman–Crippen LogP) is 1.26. The summed E-state index contributed by atoms with van der Waals surface area (Å²) in [4.78, 5) is 12.0. The van der Waals surface area contributed by atoms with Crippen molar-refractivity contribution in [3.05, 3.63) is 23.3 Å². The van der Waals surface area contributed by atoms with Gasteiger partial charge in [0.1, 0.15) is 0 Å². The largest absolute Gasteiger partial charge is 0.397 e. The molecule has 6 heteroatoms. The molecule has 1 aromatic rings. The molecule has 1 saturated heterocycles. The van der Waals surface area contributed by atoms with Gasteiger partial charge in [-0.25, -0.2) is 8.42 Å². The summed E-state index contributed by atoms with van der Waals surface area (Å²) in [6.45, 7) is 3.88. The summed E-state index contributed by atoms with van der Waals surface area (Å²) < 4.78 is 22.7. The van der Waals surface area contributed by atoms with Gasteiger partial charge in [-0.05, 0) is 43.5 Å². The number of benzene rings is 1. The third-order valence-electron chi connectivity index (χ3n) is 3.53. The highest BCUT2D eigenvalue weighted by Gasteiger charge is 2.33. The average molecular weight is 282 g/mol. The summed E-state index contributed by atoms with van der Waals surface area (Å²) in [5.41, 5.74) is 8.99. The van der Waals surface area contributed by atoms with Gasteiger partial charge in [0.05, 0.1) is 28.8 Å². The first-order valence-electron chi connectivity index (χ1n) is 6.16. The molecule has 1 aromatic carbocycles. The summed E-state index contributed by atoms with van der Waals surface area (Å²) in [6.07, 6.45) is 0.388. The van der Waals surface area contributed by atoms with Crippen LogP contribution in [-0.2, 0) is 14.6 Å². The first-order chi connectivity index (χ1) is 8.78. The van der Waals surface area contributed by atoms with E-state index in [2.05, 4.69) is 5.32 Å². The molecule has 2 rings (SSSR count). The van der Waals surface area contributed by atoms with E-state index in [1.54, 1.807) is 6.07 Å². The Morgan fingerprint density at radius 3 is 2.53 bits per heavy atom. The monoisotopic (exact) mass is 282 g/mol. The van der Waals surface area contributed by atoms with Gasteiger partial charge in [0.2, 0.25) is 5.91 Å². The predicted molar refractivity (Wildman–Crippen MR) is 75.7 cm³/mol. The number of amides is 1. The van der Waals surface area contributed by atoms with E-state index in [9.17, 15) is 13.2 Å². The Labute approximate surface area is 113 Å². The number of nitrogen functional groups attached to an aromatic ring is 1. The summed E-state index contributed by atoms with van der Waals surface area (Å²) in [7, 11) is -3.05. The summed E-state index contributed by atoms with van der Waals surface area (Å²) in [5, 5.41) is 2.73. The fraction of sp³-hybridized carbons (Fsp3) is 0.462. The number of anilines is 2. The average Bonchev–Trinajstić information content (AvgIpc) is 2.66. The Balaban J connectivity index is 2.14. The molecule has 104 valence electrons. The first-order valence-corrected chi connectivity index (χ1v) is 7.98.